The molecule has 3 heterocycles. The van der Waals surface area contributed by atoms with Crippen molar-refractivity contribution in [3.8, 4) is 11.3 Å². The molecule has 1 aliphatic heterocycles. The van der Waals surface area contributed by atoms with E-state index >= 15 is 4.39 Å². The monoisotopic (exact) mass is 477 g/mol. The number of nitrogens with one attached hydrogen (secondary N) is 1. The third-order valence-electron chi connectivity index (χ3n) is 5.85. The summed E-state index contributed by atoms with van der Waals surface area (Å²) >= 11 is 6.40. The molecule has 3 N–H and O–H groups in total. The minimum absolute atomic E-state index is 0.0684. The Hall–Kier alpha value is -2.33. The van der Waals surface area contributed by atoms with Gasteiger partial charge in [0.15, 0.2) is 5.82 Å². The van der Waals surface area contributed by atoms with Gasteiger partial charge in [0.2, 0.25) is 5.95 Å². The fourth-order valence-corrected chi connectivity index (χ4v) is 4.38. The molecule has 178 valence electrons. The van der Waals surface area contributed by atoms with Gasteiger partial charge in [-0.05, 0) is 53.2 Å². The number of aromatic nitrogens is 4. The van der Waals surface area contributed by atoms with Crippen LogP contribution < -0.4 is 5.32 Å². The normalized spacial score (nSPS) is 21.7. The predicted octanol–water partition coefficient (Wildman–Crippen LogP) is 4.04. The number of hydrogen-bond donors (Lipinski definition) is 3. The lowest BCUT2D eigenvalue weighted by Crippen LogP contribution is -2.47. The Labute approximate surface area is 196 Å². The summed E-state index contributed by atoms with van der Waals surface area (Å²) in [6.45, 7) is 9.46. The SMILES string of the molecule is CC(C)n1c(C(C)(C)O)nc2c(F)cc(-c3nc(N[C@H]4CCO[C@H](C)[C@@H]4O)ncc3Cl)cc21. The number of aliphatic hydroxyl groups is 2. The number of rotatable bonds is 5. The van der Waals surface area contributed by atoms with Crippen molar-refractivity contribution in [1.82, 2.24) is 19.5 Å². The van der Waals surface area contributed by atoms with E-state index in [1.54, 1.807) is 19.9 Å². The van der Waals surface area contributed by atoms with Crippen molar-refractivity contribution in [2.45, 2.75) is 70.9 Å². The number of fused-ring (bicyclic) bond motifs is 1. The largest absolute Gasteiger partial charge is 0.388 e. The molecule has 0 radical (unpaired) electrons. The Balaban J connectivity index is 1.79. The third kappa shape index (κ3) is 4.55. The molecular weight excluding hydrogens is 449 g/mol. The summed E-state index contributed by atoms with van der Waals surface area (Å²) in [7, 11) is 0. The Morgan fingerprint density at radius 2 is 2.03 bits per heavy atom. The quantitative estimate of drug-likeness (QED) is 0.509. The smallest absolute Gasteiger partial charge is 0.223 e. The molecule has 1 saturated heterocycles. The van der Waals surface area contributed by atoms with Crippen molar-refractivity contribution in [3.05, 3.63) is 35.0 Å². The van der Waals surface area contributed by atoms with Gasteiger partial charge in [-0.3, -0.25) is 0 Å². The van der Waals surface area contributed by atoms with Gasteiger partial charge in [0, 0.05) is 18.2 Å². The molecule has 33 heavy (non-hydrogen) atoms. The Bertz CT molecular complexity index is 1180. The van der Waals surface area contributed by atoms with Gasteiger partial charge in [0.1, 0.15) is 23.0 Å². The minimum Gasteiger partial charge on any atom is -0.388 e. The fraction of sp³-hybridized carbons (Fsp3) is 0.522. The highest BCUT2D eigenvalue weighted by molar-refractivity contribution is 6.33. The topological polar surface area (TPSA) is 105 Å². The lowest BCUT2D eigenvalue weighted by Gasteiger charge is -2.33. The van der Waals surface area contributed by atoms with E-state index in [2.05, 4.69) is 20.3 Å². The van der Waals surface area contributed by atoms with E-state index in [0.29, 0.717) is 35.6 Å². The molecule has 0 amide bonds. The zero-order valence-electron chi connectivity index (χ0n) is 19.3. The molecule has 4 rings (SSSR count). The number of hydrogen-bond acceptors (Lipinski definition) is 7. The molecule has 8 nitrogen and oxygen atoms in total. The Morgan fingerprint density at radius 3 is 2.70 bits per heavy atom. The number of imidazole rings is 1. The summed E-state index contributed by atoms with van der Waals surface area (Å²) < 4.78 is 22.4. The molecule has 3 aromatic rings. The molecule has 0 saturated carbocycles. The van der Waals surface area contributed by atoms with Crippen molar-refractivity contribution in [2.24, 2.45) is 0 Å². The van der Waals surface area contributed by atoms with Gasteiger partial charge >= 0.3 is 0 Å². The van der Waals surface area contributed by atoms with Gasteiger partial charge in [0.25, 0.3) is 0 Å². The van der Waals surface area contributed by atoms with E-state index in [0.717, 1.165) is 0 Å². The van der Waals surface area contributed by atoms with E-state index in [1.165, 1.54) is 12.3 Å². The van der Waals surface area contributed by atoms with Crippen molar-refractivity contribution < 1.29 is 19.3 Å². The van der Waals surface area contributed by atoms with Gasteiger partial charge in [-0.15, -0.1) is 0 Å². The maximum absolute atomic E-state index is 15.2. The zero-order valence-corrected chi connectivity index (χ0v) is 20.1. The maximum atomic E-state index is 15.2. The first-order valence-corrected chi connectivity index (χ1v) is 11.4. The van der Waals surface area contributed by atoms with Crippen molar-refractivity contribution in [2.75, 3.05) is 11.9 Å². The van der Waals surface area contributed by atoms with Crippen LogP contribution in [-0.4, -0.2) is 54.6 Å². The van der Waals surface area contributed by atoms with Gasteiger partial charge in [-0.25, -0.2) is 19.3 Å². The average Bonchev–Trinajstić information content (AvgIpc) is 3.14. The van der Waals surface area contributed by atoms with Crippen LogP contribution in [0, 0.1) is 5.82 Å². The lowest BCUT2D eigenvalue weighted by atomic mass is 10.0. The number of nitrogens with zero attached hydrogens (tertiary/aromatic N) is 4. The van der Waals surface area contributed by atoms with Crippen LogP contribution in [0.3, 0.4) is 0 Å². The van der Waals surface area contributed by atoms with Gasteiger partial charge in [-0.1, -0.05) is 11.6 Å². The van der Waals surface area contributed by atoms with Crippen LogP contribution in [0.2, 0.25) is 5.02 Å². The minimum atomic E-state index is -1.25. The molecule has 1 fully saturated rings. The molecular formula is C23H29ClFN5O3. The molecule has 0 spiro atoms. The number of benzene rings is 1. The van der Waals surface area contributed by atoms with Crippen LogP contribution in [0.5, 0.6) is 0 Å². The predicted molar refractivity (Wildman–Crippen MR) is 125 cm³/mol. The van der Waals surface area contributed by atoms with Gasteiger partial charge in [-0.2, -0.15) is 0 Å². The lowest BCUT2D eigenvalue weighted by molar-refractivity contribution is -0.0700. The highest BCUT2D eigenvalue weighted by atomic mass is 35.5. The second-order valence-corrected chi connectivity index (χ2v) is 9.69. The standard InChI is InChI=1S/C23H29ClFN5O3/c1-11(2)30-17-9-13(8-15(25)19(17)28-21(30)23(4,5)32)18-14(24)10-26-22(29-18)27-16-6-7-33-12(3)20(16)31/h8-12,16,20,31-32H,6-7H2,1-5H3,(H,26,27,29)/t12-,16+,20+/m1/s1. The molecule has 0 bridgehead atoms. The summed E-state index contributed by atoms with van der Waals surface area (Å²) in [4.78, 5) is 13.1. The van der Waals surface area contributed by atoms with E-state index in [9.17, 15) is 10.2 Å². The molecule has 10 heteroatoms. The van der Waals surface area contributed by atoms with Crippen LogP contribution >= 0.6 is 11.6 Å². The molecule has 0 aliphatic carbocycles. The molecule has 3 atom stereocenters. The second kappa shape index (κ2) is 8.79. The van der Waals surface area contributed by atoms with Crippen molar-refractivity contribution >= 4 is 28.6 Å². The van der Waals surface area contributed by atoms with E-state index in [1.807, 2.05) is 25.3 Å². The Morgan fingerprint density at radius 1 is 1.30 bits per heavy atom. The third-order valence-corrected chi connectivity index (χ3v) is 6.12. The highest BCUT2D eigenvalue weighted by Gasteiger charge is 2.31. The summed E-state index contributed by atoms with van der Waals surface area (Å²) in [5.74, 6) is 0.121. The summed E-state index contributed by atoms with van der Waals surface area (Å²) in [5.41, 5.74) is 0.273. The van der Waals surface area contributed by atoms with Gasteiger partial charge < -0.3 is 24.8 Å². The number of halogens is 2. The van der Waals surface area contributed by atoms with Crippen molar-refractivity contribution in [1.29, 1.82) is 0 Å². The maximum Gasteiger partial charge on any atom is 0.223 e. The number of anilines is 1. The van der Waals surface area contributed by atoms with Crippen LogP contribution in [0.15, 0.2) is 18.3 Å². The summed E-state index contributed by atoms with van der Waals surface area (Å²) in [6.07, 6.45) is 1.03. The first-order valence-electron chi connectivity index (χ1n) is 11.0. The van der Waals surface area contributed by atoms with Crippen LogP contribution in [0.4, 0.5) is 10.3 Å². The van der Waals surface area contributed by atoms with E-state index in [-0.39, 0.29) is 34.7 Å². The summed E-state index contributed by atoms with van der Waals surface area (Å²) in [5, 5.41) is 24.4. The summed E-state index contributed by atoms with van der Waals surface area (Å²) in [6, 6.07) is 2.75. The number of aliphatic hydroxyl groups excluding tert-OH is 1. The molecule has 1 aromatic carbocycles. The number of ether oxygens (including phenoxy) is 1. The van der Waals surface area contributed by atoms with E-state index < -0.39 is 17.5 Å². The van der Waals surface area contributed by atoms with Gasteiger partial charge in [0.05, 0.1) is 34.6 Å². The Kier molecular flexibility index (Phi) is 6.34. The molecule has 2 aromatic heterocycles. The zero-order chi connectivity index (χ0) is 24.1. The van der Waals surface area contributed by atoms with E-state index in [4.69, 9.17) is 16.3 Å². The van der Waals surface area contributed by atoms with Crippen LogP contribution in [0.1, 0.15) is 52.9 Å². The first kappa shape index (κ1) is 23.8. The molecule has 0 unspecified atom stereocenters. The highest BCUT2D eigenvalue weighted by Crippen LogP contribution is 2.34. The van der Waals surface area contributed by atoms with Crippen molar-refractivity contribution in [3.63, 3.8) is 0 Å². The average molecular weight is 478 g/mol. The van der Waals surface area contributed by atoms with Crippen LogP contribution in [0.25, 0.3) is 22.3 Å². The fourth-order valence-electron chi connectivity index (χ4n) is 4.18. The molecule has 1 aliphatic rings. The first-order chi connectivity index (χ1) is 15.5. The second-order valence-electron chi connectivity index (χ2n) is 9.28. The van der Waals surface area contributed by atoms with Crippen LogP contribution in [-0.2, 0) is 10.3 Å².